The maximum atomic E-state index is 8.79. The molecular formula is C16H20BrNO. The van der Waals surface area contributed by atoms with Gasteiger partial charge in [0.1, 0.15) is 0 Å². The summed E-state index contributed by atoms with van der Waals surface area (Å²) in [5.74, 6) is 0. The zero-order valence-electron chi connectivity index (χ0n) is 11.0. The molecule has 19 heavy (non-hydrogen) atoms. The van der Waals surface area contributed by atoms with Crippen molar-refractivity contribution in [3.05, 3.63) is 66.0 Å². The molecule has 0 unspecified atom stereocenters. The van der Waals surface area contributed by atoms with Crippen LogP contribution >= 0.6 is 0 Å². The Labute approximate surface area is 125 Å². The molecule has 0 saturated heterocycles. The number of halogens is 1. The second-order valence-corrected chi connectivity index (χ2v) is 4.51. The van der Waals surface area contributed by atoms with Crippen LogP contribution in [0.1, 0.15) is 17.5 Å². The molecule has 1 aromatic heterocycles. The van der Waals surface area contributed by atoms with E-state index in [0.29, 0.717) is 0 Å². The number of rotatable bonds is 6. The normalized spacial score (nSPS) is 9.95. The van der Waals surface area contributed by atoms with Crippen LogP contribution in [0.2, 0.25) is 0 Å². The van der Waals surface area contributed by atoms with Crippen LogP contribution in [-0.2, 0) is 19.4 Å². The summed E-state index contributed by atoms with van der Waals surface area (Å²) in [7, 11) is 0. The molecule has 0 saturated carbocycles. The second-order valence-electron chi connectivity index (χ2n) is 4.51. The van der Waals surface area contributed by atoms with E-state index < -0.39 is 0 Å². The lowest BCUT2D eigenvalue weighted by molar-refractivity contribution is -0.696. The van der Waals surface area contributed by atoms with Crippen molar-refractivity contribution in [3.8, 4) is 0 Å². The van der Waals surface area contributed by atoms with E-state index >= 15 is 0 Å². The van der Waals surface area contributed by atoms with Gasteiger partial charge >= 0.3 is 0 Å². The minimum absolute atomic E-state index is 0. The van der Waals surface area contributed by atoms with Gasteiger partial charge in [0.05, 0.1) is 0 Å². The number of aromatic nitrogens is 1. The van der Waals surface area contributed by atoms with Crippen LogP contribution in [0.25, 0.3) is 0 Å². The fraction of sp³-hybridized carbons (Fsp3) is 0.312. The van der Waals surface area contributed by atoms with Crippen molar-refractivity contribution in [1.82, 2.24) is 0 Å². The molecule has 102 valence electrons. The average molecular weight is 322 g/mol. The molecule has 0 amide bonds. The number of hydrogen-bond acceptors (Lipinski definition) is 1. The Morgan fingerprint density at radius 3 is 2.11 bits per heavy atom. The smallest absolute Gasteiger partial charge is 0.169 e. The summed E-state index contributed by atoms with van der Waals surface area (Å²) in [5.41, 5.74) is 2.66. The molecule has 0 bridgehead atoms. The standard InChI is InChI=1S/C16H20NO.BrH/c18-14-4-7-16-9-12-17(13-10-16)11-8-15-5-2-1-3-6-15;/h1-3,5-6,9-10,12-13,18H,4,7-8,11,14H2;1H/q+1;/p-1. The van der Waals surface area contributed by atoms with Crippen molar-refractivity contribution in [3.63, 3.8) is 0 Å². The van der Waals surface area contributed by atoms with Crippen LogP contribution in [0.3, 0.4) is 0 Å². The molecule has 2 nitrogen and oxygen atoms in total. The van der Waals surface area contributed by atoms with E-state index in [9.17, 15) is 0 Å². The molecule has 0 atom stereocenters. The lowest BCUT2D eigenvalue weighted by Crippen LogP contribution is -3.00. The Hall–Kier alpha value is -1.19. The second kappa shape index (κ2) is 8.83. The van der Waals surface area contributed by atoms with Crippen LogP contribution in [0.4, 0.5) is 0 Å². The van der Waals surface area contributed by atoms with Gasteiger partial charge in [-0.3, -0.25) is 0 Å². The molecule has 1 N–H and O–H groups in total. The van der Waals surface area contributed by atoms with Crippen molar-refractivity contribution in [2.45, 2.75) is 25.8 Å². The molecule has 0 aliphatic heterocycles. The molecule has 1 aromatic carbocycles. The van der Waals surface area contributed by atoms with E-state index in [4.69, 9.17) is 5.11 Å². The summed E-state index contributed by atoms with van der Waals surface area (Å²) < 4.78 is 2.20. The Morgan fingerprint density at radius 2 is 1.47 bits per heavy atom. The SMILES string of the molecule is OCCCc1cc[n+](CCc2ccccc2)cc1.[Br-]. The highest BCUT2D eigenvalue weighted by Crippen LogP contribution is 2.01. The first-order chi connectivity index (χ1) is 8.88. The number of aliphatic hydroxyl groups excluding tert-OH is 1. The van der Waals surface area contributed by atoms with Crippen LogP contribution in [0, 0.1) is 0 Å². The van der Waals surface area contributed by atoms with Gasteiger partial charge in [0.2, 0.25) is 0 Å². The van der Waals surface area contributed by atoms with Crippen molar-refractivity contribution in [2.24, 2.45) is 0 Å². The third kappa shape index (κ3) is 5.53. The number of aliphatic hydroxyl groups is 1. The van der Waals surface area contributed by atoms with E-state index in [1.54, 1.807) is 0 Å². The van der Waals surface area contributed by atoms with E-state index in [0.717, 1.165) is 25.8 Å². The molecule has 0 radical (unpaired) electrons. The number of benzene rings is 1. The third-order valence-electron chi connectivity index (χ3n) is 3.09. The van der Waals surface area contributed by atoms with Crippen molar-refractivity contribution in [2.75, 3.05) is 6.61 Å². The van der Waals surface area contributed by atoms with Gasteiger partial charge < -0.3 is 22.1 Å². The van der Waals surface area contributed by atoms with Gasteiger partial charge in [-0.25, -0.2) is 4.57 Å². The maximum absolute atomic E-state index is 8.79. The highest BCUT2D eigenvalue weighted by atomic mass is 79.9. The molecule has 0 aliphatic rings. The summed E-state index contributed by atoms with van der Waals surface area (Å²) >= 11 is 0. The topological polar surface area (TPSA) is 24.1 Å². The van der Waals surface area contributed by atoms with E-state index in [1.807, 2.05) is 6.07 Å². The minimum Gasteiger partial charge on any atom is -1.00 e. The maximum Gasteiger partial charge on any atom is 0.169 e. The first-order valence-electron chi connectivity index (χ1n) is 6.51. The van der Waals surface area contributed by atoms with Crippen molar-refractivity contribution < 1.29 is 26.7 Å². The molecule has 0 aliphatic carbocycles. The fourth-order valence-corrected chi connectivity index (χ4v) is 1.99. The summed E-state index contributed by atoms with van der Waals surface area (Å²) in [6.07, 6.45) is 7.09. The van der Waals surface area contributed by atoms with Gasteiger partial charge in [-0.2, -0.15) is 0 Å². The fourth-order valence-electron chi connectivity index (χ4n) is 1.99. The van der Waals surface area contributed by atoms with Crippen LogP contribution in [0.5, 0.6) is 0 Å². The highest BCUT2D eigenvalue weighted by Gasteiger charge is 2.01. The molecule has 2 aromatic rings. The van der Waals surface area contributed by atoms with Gasteiger partial charge in [0.25, 0.3) is 0 Å². The van der Waals surface area contributed by atoms with Crippen LogP contribution in [0.15, 0.2) is 54.9 Å². The molecule has 0 fully saturated rings. The van der Waals surface area contributed by atoms with Gasteiger partial charge in [0, 0.05) is 25.2 Å². The van der Waals surface area contributed by atoms with Crippen molar-refractivity contribution in [1.29, 1.82) is 0 Å². The summed E-state index contributed by atoms with van der Waals surface area (Å²) in [6.45, 7) is 1.27. The zero-order chi connectivity index (χ0) is 12.6. The third-order valence-corrected chi connectivity index (χ3v) is 3.09. The zero-order valence-corrected chi connectivity index (χ0v) is 12.6. The van der Waals surface area contributed by atoms with Gasteiger partial charge in [-0.05, 0) is 24.0 Å². The van der Waals surface area contributed by atoms with Crippen LogP contribution < -0.4 is 21.5 Å². The first kappa shape index (κ1) is 15.9. The van der Waals surface area contributed by atoms with Gasteiger partial charge in [-0.15, -0.1) is 0 Å². The predicted molar refractivity (Wildman–Crippen MR) is 72.2 cm³/mol. The number of aryl methyl sites for hydroxylation is 3. The molecule has 0 spiro atoms. The summed E-state index contributed by atoms with van der Waals surface area (Å²) in [4.78, 5) is 0. The van der Waals surface area contributed by atoms with Gasteiger partial charge in [-0.1, -0.05) is 30.3 Å². The molecule has 3 heteroatoms. The average Bonchev–Trinajstić information content (AvgIpc) is 2.45. The first-order valence-corrected chi connectivity index (χ1v) is 6.51. The Bertz CT molecular complexity index is 456. The van der Waals surface area contributed by atoms with E-state index in [2.05, 4.69) is 53.4 Å². The number of pyridine rings is 1. The Morgan fingerprint density at radius 1 is 0.842 bits per heavy atom. The van der Waals surface area contributed by atoms with Crippen molar-refractivity contribution >= 4 is 0 Å². The van der Waals surface area contributed by atoms with E-state index in [-0.39, 0.29) is 23.6 Å². The predicted octanol–water partition coefficient (Wildman–Crippen LogP) is -0.854. The molecule has 1 heterocycles. The van der Waals surface area contributed by atoms with Gasteiger partial charge in [0.15, 0.2) is 18.9 Å². The largest absolute Gasteiger partial charge is 1.00 e. The quantitative estimate of drug-likeness (QED) is 0.688. The highest BCUT2D eigenvalue weighted by molar-refractivity contribution is 5.14. The minimum atomic E-state index is 0. The molecule has 2 rings (SSSR count). The number of hydrogen-bond donors (Lipinski definition) is 1. The van der Waals surface area contributed by atoms with Crippen LogP contribution in [-0.4, -0.2) is 11.7 Å². The lowest BCUT2D eigenvalue weighted by atomic mass is 10.1. The van der Waals surface area contributed by atoms with E-state index in [1.165, 1.54) is 11.1 Å². The Balaban J connectivity index is 0.00000180. The monoisotopic (exact) mass is 321 g/mol. The lowest BCUT2D eigenvalue weighted by Gasteiger charge is -2.00. The molecular weight excluding hydrogens is 302 g/mol. The number of nitrogens with zero attached hydrogens (tertiary/aromatic N) is 1. The summed E-state index contributed by atoms with van der Waals surface area (Å²) in [5, 5.41) is 8.79. The summed E-state index contributed by atoms with van der Waals surface area (Å²) in [6, 6.07) is 14.8. The Kier molecular flexibility index (Phi) is 7.38.